The Morgan fingerprint density at radius 3 is 1.88 bits per heavy atom. The molecule has 4 rings (SSSR count). The number of ether oxygens (including phenoxy) is 1. The number of fused-ring (bicyclic) bond motifs is 1. The van der Waals surface area contributed by atoms with Crippen LogP contribution in [0.25, 0.3) is 0 Å². The fraction of sp³-hybridized carbons (Fsp3) is 0.667. The number of hydrogen-bond donors (Lipinski definition) is 2. The number of carboxylic acids is 2. The van der Waals surface area contributed by atoms with E-state index in [9.17, 15) is 26.3 Å². The van der Waals surface area contributed by atoms with E-state index in [4.69, 9.17) is 24.5 Å². The van der Waals surface area contributed by atoms with E-state index >= 15 is 0 Å². The summed E-state index contributed by atoms with van der Waals surface area (Å²) in [6.07, 6.45) is -2.82. The summed E-state index contributed by atoms with van der Waals surface area (Å²) in [6.45, 7) is 4.14. The number of carboxylic acid groups (broad SMARTS) is 2. The summed E-state index contributed by atoms with van der Waals surface area (Å²) in [5.41, 5.74) is 0. The van der Waals surface area contributed by atoms with Gasteiger partial charge in [0.2, 0.25) is 5.95 Å². The summed E-state index contributed by atoms with van der Waals surface area (Å²) < 4.78 is 69.0. The minimum absolute atomic E-state index is 0.600. The molecule has 9 nitrogen and oxygen atoms in total. The maximum absolute atomic E-state index is 10.6. The zero-order chi connectivity index (χ0) is 24.8. The largest absolute Gasteiger partial charge is 0.490 e. The molecule has 1 unspecified atom stereocenters. The van der Waals surface area contributed by atoms with Crippen LogP contribution in [-0.4, -0.2) is 93.8 Å². The van der Waals surface area contributed by atoms with Crippen molar-refractivity contribution >= 4 is 17.9 Å². The van der Waals surface area contributed by atoms with Gasteiger partial charge in [-0.15, -0.1) is 0 Å². The van der Waals surface area contributed by atoms with Crippen LogP contribution in [0.3, 0.4) is 0 Å². The molecule has 186 valence electrons. The van der Waals surface area contributed by atoms with Gasteiger partial charge in [0.25, 0.3) is 0 Å². The molecular weight excluding hydrogens is 466 g/mol. The Labute approximate surface area is 184 Å². The molecule has 15 heteroatoms. The average Bonchev–Trinajstić information content (AvgIpc) is 3.46. The molecule has 0 aliphatic carbocycles. The number of halogens is 6. The smallest absolute Gasteiger partial charge is 0.475 e. The summed E-state index contributed by atoms with van der Waals surface area (Å²) in [5.74, 6) is -4.61. The van der Waals surface area contributed by atoms with Crippen molar-refractivity contribution in [3.63, 3.8) is 0 Å². The predicted octanol–water partition coefficient (Wildman–Crippen LogP) is 2.19. The molecule has 2 N–H and O–H groups in total. The Bertz CT molecular complexity index is 765. The van der Waals surface area contributed by atoms with Gasteiger partial charge in [0.05, 0.1) is 6.61 Å². The van der Waals surface area contributed by atoms with Gasteiger partial charge in [0.1, 0.15) is 0 Å². The van der Waals surface area contributed by atoms with Crippen LogP contribution in [0.5, 0.6) is 0 Å². The van der Waals surface area contributed by atoms with Crippen LogP contribution in [0.15, 0.2) is 18.5 Å². The van der Waals surface area contributed by atoms with Gasteiger partial charge in [-0.2, -0.15) is 26.3 Å². The minimum atomic E-state index is -5.08. The summed E-state index contributed by atoms with van der Waals surface area (Å²) >= 11 is 0. The summed E-state index contributed by atoms with van der Waals surface area (Å²) in [4.78, 5) is 31.7. The Hall–Kier alpha value is -2.68. The van der Waals surface area contributed by atoms with Crippen LogP contribution in [0, 0.1) is 0 Å². The number of carbonyl (C=O) groups is 2. The highest BCUT2D eigenvalue weighted by atomic mass is 19.4. The number of alkyl halides is 6. The number of nitrogens with zero attached hydrogens (tertiary/aromatic N) is 4. The molecule has 4 heterocycles. The second-order valence-electron chi connectivity index (χ2n) is 7.32. The molecule has 33 heavy (non-hydrogen) atoms. The fourth-order valence-corrected chi connectivity index (χ4v) is 3.94. The van der Waals surface area contributed by atoms with Crippen molar-refractivity contribution < 1.29 is 50.9 Å². The molecule has 3 saturated heterocycles. The van der Waals surface area contributed by atoms with E-state index in [1.54, 1.807) is 0 Å². The summed E-state index contributed by atoms with van der Waals surface area (Å²) in [7, 11) is 0. The lowest BCUT2D eigenvalue weighted by Gasteiger charge is -2.29. The molecule has 3 aliphatic heterocycles. The van der Waals surface area contributed by atoms with Crippen LogP contribution < -0.4 is 4.90 Å². The lowest BCUT2D eigenvalue weighted by molar-refractivity contribution is -0.193. The van der Waals surface area contributed by atoms with Crippen molar-refractivity contribution in [2.45, 2.75) is 49.7 Å². The normalized spacial score (nSPS) is 24.9. The first-order valence-corrected chi connectivity index (χ1v) is 9.79. The van der Waals surface area contributed by atoms with Crippen LogP contribution in [0.1, 0.15) is 19.3 Å². The number of aliphatic carboxylic acids is 2. The molecule has 0 amide bonds. The number of aromatic nitrogens is 2. The molecular formula is C18H22F6N4O5. The molecule has 3 atom stereocenters. The van der Waals surface area contributed by atoms with Gasteiger partial charge in [-0.25, -0.2) is 19.6 Å². The average molecular weight is 488 g/mol. The lowest BCUT2D eigenvalue weighted by atomic mass is 10.1. The first-order valence-electron chi connectivity index (χ1n) is 9.79. The maximum Gasteiger partial charge on any atom is 0.490 e. The third-order valence-corrected chi connectivity index (χ3v) is 5.29. The second-order valence-corrected chi connectivity index (χ2v) is 7.32. The zero-order valence-electron chi connectivity index (χ0n) is 17.1. The van der Waals surface area contributed by atoms with Crippen LogP contribution >= 0.6 is 0 Å². The van der Waals surface area contributed by atoms with Gasteiger partial charge in [0.15, 0.2) is 0 Å². The van der Waals surface area contributed by atoms with Crippen molar-refractivity contribution in [2.75, 3.05) is 31.2 Å². The Kier molecular flexibility index (Phi) is 8.82. The maximum atomic E-state index is 10.6. The van der Waals surface area contributed by atoms with Crippen molar-refractivity contribution in [3.05, 3.63) is 18.5 Å². The number of rotatable bonds is 2. The molecule has 0 spiro atoms. The van der Waals surface area contributed by atoms with Gasteiger partial charge in [-0.1, -0.05) is 0 Å². The van der Waals surface area contributed by atoms with E-state index in [0.29, 0.717) is 18.1 Å². The topological polar surface area (TPSA) is 116 Å². The van der Waals surface area contributed by atoms with Gasteiger partial charge in [0, 0.05) is 50.2 Å². The molecule has 0 bridgehead atoms. The second kappa shape index (κ2) is 11.0. The van der Waals surface area contributed by atoms with Crippen molar-refractivity contribution in [2.24, 2.45) is 0 Å². The van der Waals surface area contributed by atoms with Gasteiger partial charge in [-0.05, 0) is 25.3 Å². The first-order chi connectivity index (χ1) is 15.3. The van der Waals surface area contributed by atoms with Crippen LogP contribution in [0.2, 0.25) is 0 Å². The molecule has 0 radical (unpaired) electrons. The summed E-state index contributed by atoms with van der Waals surface area (Å²) in [5, 5.41) is 14.2. The standard InChI is InChI=1S/C14H20N4O.2C2HF3O2/c1-5-15-14(16-6-1)18-8-3-12-13(18)2-7-17(12)11-4-9-19-10-11;2*3-2(4,5)1(6)7/h1,5-6,11-13H,2-4,7-10H2;2*(H,6,7)/t11?,12-,13+;;/m1../s1. The van der Waals surface area contributed by atoms with Crippen LogP contribution in [0.4, 0.5) is 32.3 Å². The minimum Gasteiger partial charge on any atom is -0.475 e. The Morgan fingerprint density at radius 1 is 0.909 bits per heavy atom. The van der Waals surface area contributed by atoms with E-state index < -0.39 is 24.3 Å². The molecule has 1 aromatic heterocycles. The molecule has 0 saturated carbocycles. The Balaban J connectivity index is 0.000000230. The van der Waals surface area contributed by atoms with Gasteiger partial charge < -0.3 is 19.8 Å². The highest BCUT2D eigenvalue weighted by molar-refractivity contribution is 5.73. The van der Waals surface area contributed by atoms with Gasteiger partial charge >= 0.3 is 24.3 Å². The van der Waals surface area contributed by atoms with E-state index in [-0.39, 0.29) is 0 Å². The van der Waals surface area contributed by atoms with E-state index in [1.807, 2.05) is 18.5 Å². The van der Waals surface area contributed by atoms with Crippen molar-refractivity contribution in [3.8, 4) is 0 Å². The van der Waals surface area contributed by atoms with Crippen LogP contribution in [-0.2, 0) is 14.3 Å². The monoisotopic (exact) mass is 488 g/mol. The zero-order valence-corrected chi connectivity index (χ0v) is 17.1. The highest BCUT2D eigenvalue weighted by Gasteiger charge is 2.46. The third kappa shape index (κ3) is 7.42. The van der Waals surface area contributed by atoms with E-state index in [2.05, 4.69) is 19.8 Å². The number of anilines is 1. The quantitative estimate of drug-likeness (QED) is 0.605. The Morgan fingerprint density at radius 2 is 1.42 bits per heavy atom. The first kappa shape index (κ1) is 26.6. The number of hydrogen-bond acceptors (Lipinski definition) is 7. The molecule has 3 fully saturated rings. The summed E-state index contributed by atoms with van der Waals surface area (Å²) in [6, 6.07) is 3.80. The fourth-order valence-electron chi connectivity index (χ4n) is 3.94. The van der Waals surface area contributed by atoms with E-state index in [1.165, 1.54) is 25.8 Å². The molecule has 3 aliphatic rings. The number of likely N-dealkylation sites (tertiary alicyclic amines) is 1. The van der Waals surface area contributed by atoms with E-state index in [0.717, 1.165) is 25.7 Å². The van der Waals surface area contributed by atoms with Gasteiger partial charge in [-0.3, -0.25) is 4.90 Å². The molecule has 1 aromatic rings. The highest BCUT2D eigenvalue weighted by Crippen LogP contribution is 2.35. The van der Waals surface area contributed by atoms with Crippen molar-refractivity contribution in [1.82, 2.24) is 14.9 Å². The third-order valence-electron chi connectivity index (χ3n) is 5.29. The van der Waals surface area contributed by atoms with Crippen molar-refractivity contribution in [1.29, 1.82) is 0 Å². The predicted molar refractivity (Wildman–Crippen MR) is 99.5 cm³/mol. The molecule has 0 aromatic carbocycles. The lowest BCUT2D eigenvalue weighted by Crippen LogP contribution is -2.42. The SMILES string of the molecule is O=C(O)C(F)(F)F.O=C(O)C(F)(F)F.c1cnc(N2CC[C@@H]3[C@@H]2CCN3C2CCOC2)nc1.